The van der Waals surface area contributed by atoms with Crippen LogP contribution >= 0.6 is 0 Å². The highest BCUT2D eigenvalue weighted by atomic mass is 16.4. The lowest BCUT2D eigenvalue weighted by molar-refractivity contribution is -0.142. The van der Waals surface area contributed by atoms with Gasteiger partial charge in [0, 0.05) is 25.2 Å². The van der Waals surface area contributed by atoms with Crippen LogP contribution in [-0.2, 0) is 9.59 Å². The minimum absolute atomic E-state index is 0.0587. The second kappa shape index (κ2) is 4.45. The van der Waals surface area contributed by atoms with Gasteiger partial charge in [-0.15, -0.1) is 0 Å². The Hall–Kier alpha value is -1.10. The van der Waals surface area contributed by atoms with Crippen LogP contribution in [0.5, 0.6) is 0 Å². The first-order valence-corrected chi connectivity index (χ1v) is 7.57. The molecule has 1 saturated carbocycles. The van der Waals surface area contributed by atoms with Crippen molar-refractivity contribution in [1.29, 1.82) is 0 Å². The summed E-state index contributed by atoms with van der Waals surface area (Å²) in [6, 6.07) is 1.05. The van der Waals surface area contributed by atoms with E-state index >= 15 is 0 Å². The molecule has 3 fully saturated rings. The minimum Gasteiger partial charge on any atom is -0.481 e. The number of hydrogen-bond acceptors (Lipinski definition) is 3. The Kier molecular flexibility index (Phi) is 3.08. The van der Waals surface area contributed by atoms with Gasteiger partial charge in [0.1, 0.15) is 0 Å². The van der Waals surface area contributed by atoms with E-state index in [1.807, 2.05) is 18.7 Å². The monoisotopic (exact) mass is 280 g/mol. The molecule has 2 heterocycles. The lowest BCUT2D eigenvalue weighted by atomic mass is 10.1. The van der Waals surface area contributed by atoms with E-state index in [0.717, 1.165) is 25.9 Å². The number of carbonyl (C=O) groups excluding carboxylic acids is 1. The van der Waals surface area contributed by atoms with Crippen LogP contribution in [0, 0.1) is 17.3 Å². The molecule has 0 aromatic rings. The van der Waals surface area contributed by atoms with E-state index in [2.05, 4.69) is 11.9 Å². The lowest BCUT2D eigenvalue weighted by Gasteiger charge is -2.26. The second-order valence-electron chi connectivity index (χ2n) is 7.24. The summed E-state index contributed by atoms with van der Waals surface area (Å²) in [7, 11) is 2.15. The predicted molar refractivity (Wildman–Crippen MR) is 74.2 cm³/mol. The first-order valence-electron chi connectivity index (χ1n) is 7.57. The molecule has 112 valence electrons. The molecule has 2 saturated heterocycles. The average molecular weight is 280 g/mol. The number of carboxylic acids is 1. The van der Waals surface area contributed by atoms with Crippen molar-refractivity contribution in [3.63, 3.8) is 0 Å². The number of rotatable bonds is 2. The molecule has 0 aromatic carbocycles. The van der Waals surface area contributed by atoms with Crippen molar-refractivity contribution in [3.8, 4) is 0 Å². The summed E-state index contributed by atoms with van der Waals surface area (Å²) in [6.45, 7) is 5.34. The number of fused-ring (bicyclic) bond motifs is 2. The molecule has 4 unspecified atom stereocenters. The van der Waals surface area contributed by atoms with Crippen LogP contribution < -0.4 is 0 Å². The minimum atomic E-state index is -0.832. The van der Waals surface area contributed by atoms with Crippen molar-refractivity contribution >= 4 is 11.9 Å². The fourth-order valence-corrected chi connectivity index (χ4v) is 4.27. The van der Waals surface area contributed by atoms with Crippen LogP contribution in [0.1, 0.15) is 33.1 Å². The van der Waals surface area contributed by atoms with Crippen LogP contribution in [-0.4, -0.2) is 59.0 Å². The number of hydrogen-bond donors (Lipinski definition) is 1. The maximum atomic E-state index is 12.7. The molecule has 1 aliphatic carbocycles. The van der Waals surface area contributed by atoms with E-state index < -0.39 is 11.9 Å². The number of amides is 1. The van der Waals surface area contributed by atoms with E-state index in [-0.39, 0.29) is 17.2 Å². The Labute approximate surface area is 119 Å². The van der Waals surface area contributed by atoms with Gasteiger partial charge < -0.3 is 10.0 Å². The van der Waals surface area contributed by atoms with Gasteiger partial charge in [-0.2, -0.15) is 0 Å². The van der Waals surface area contributed by atoms with E-state index in [9.17, 15) is 14.7 Å². The number of likely N-dealkylation sites (tertiary alicyclic amines) is 1. The Morgan fingerprint density at radius 3 is 2.35 bits per heavy atom. The quantitative estimate of drug-likeness (QED) is 0.821. The molecule has 4 atom stereocenters. The fourth-order valence-electron chi connectivity index (χ4n) is 4.27. The van der Waals surface area contributed by atoms with E-state index in [1.165, 1.54) is 6.42 Å². The first-order chi connectivity index (χ1) is 9.34. The average Bonchev–Trinajstić information content (AvgIpc) is 2.81. The summed E-state index contributed by atoms with van der Waals surface area (Å²) in [6.07, 6.45) is 3.40. The smallest absolute Gasteiger partial charge is 0.307 e. The summed E-state index contributed by atoms with van der Waals surface area (Å²) in [5, 5.41) is 9.23. The van der Waals surface area contributed by atoms with Crippen LogP contribution in [0.15, 0.2) is 0 Å². The molecule has 3 rings (SSSR count). The van der Waals surface area contributed by atoms with Gasteiger partial charge in [-0.05, 0) is 31.7 Å². The predicted octanol–water partition coefficient (Wildman–Crippen LogP) is 1.04. The van der Waals surface area contributed by atoms with Crippen molar-refractivity contribution in [3.05, 3.63) is 0 Å². The molecule has 0 radical (unpaired) electrons. The van der Waals surface area contributed by atoms with E-state index in [0.29, 0.717) is 12.1 Å². The van der Waals surface area contributed by atoms with Crippen LogP contribution in [0.4, 0.5) is 0 Å². The number of nitrogens with zero attached hydrogens (tertiary/aromatic N) is 2. The zero-order valence-corrected chi connectivity index (χ0v) is 12.5. The Bertz CT molecular complexity index is 448. The van der Waals surface area contributed by atoms with Gasteiger partial charge in [0.05, 0.1) is 11.8 Å². The summed E-state index contributed by atoms with van der Waals surface area (Å²) in [5.74, 6) is -1.61. The van der Waals surface area contributed by atoms with Crippen molar-refractivity contribution < 1.29 is 14.7 Å². The summed E-state index contributed by atoms with van der Waals surface area (Å²) in [5.41, 5.74) is -0.389. The van der Waals surface area contributed by atoms with Crippen LogP contribution in [0.25, 0.3) is 0 Å². The maximum absolute atomic E-state index is 12.7. The Balaban J connectivity index is 1.71. The Morgan fingerprint density at radius 2 is 1.75 bits per heavy atom. The number of aliphatic carboxylic acids is 1. The van der Waals surface area contributed by atoms with Gasteiger partial charge in [-0.1, -0.05) is 13.8 Å². The summed E-state index contributed by atoms with van der Waals surface area (Å²) < 4.78 is 0. The zero-order valence-electron chi connectivity index (χ0n) is 12.5. The molecular formula is C15H24N2O3. The molecule has 5 heteroatoms. The van der Waals surface area contributed by atoms with Crippen molar-refractivity contribution in [2.45, 2.75) is 45.2 Å². The molecule has 3 aliphatic rings. The lowest BCUT2D eigenvalue weighted by Crippen LogP contribution is -2.41. The second-order valence-corrected chi connectivity index (χ2v) is 7.24. The van der Waals surface area contributed by atoms with Crippen molar-refractivity contribution in [1.82, 2.24) is 9.80 Å². The maximum Gasteiger partial charge on any atom is 0.307 e. The first kappa shape index (κ1) is 13.9. The van der Waals surface area contributed by atoms with Gasteiger partial charge >= 0.3 is 5.97 Å². The third kappa shape index (κ3) is 1.94. The van der Waals surface area contributed by atoms with E-state index in [1.54, 1.807) is 0 Å². The van der Waals surface area contributed by atoms with Gasteiger partial charge in [0.2, 0.25) is 5.91 Å². The summed E-state index contributed by atoms with van der Waals surface area (Å²) in [4.78, 5) is 28.2. The third-order valence-electron chi connectivity index (χ3n) is 5.82. The third-order valence-corrected chi connectivity index (χ3v) is 5.82. The molecular weight excluding hydrogens is 256 g/mol. The van der Waals surface area contributed by atoms with Crippen LogP contribution in [0.2, 0.25) is 0 Å². The summed E-state index contributed by atoms with van der Waals surface area (Å²) >= 11 is 0. The number of carboxylic acid groups (broad SMARTS) is 1. The SMILES string of the molecule is CN1C2CCC1CN(C(=O)C1C(C(=O)O)C1(C)C)CC2. The van der Waals surface area contributed by atoms with Crippen molar-refractivity contribution in [2.75, 3.05) is 20.1 Å². The molecule has 0 spiro atoms. The topological polar surface area (TPSA) is 60.9 Å². The van der Waals surface area contributed by atoms with Crippen LogP contribution in [0.3, 0.4) is 0 Å². The zero-order chi connectivity index (χ0) is 14.7. The highest BCUT2D eigenvalue weighted by molar-refractivity contribution is 5.91. The van der Waals surface area contributed by atoms with E-state index in [4.69, 9.17) is 0 Å². The van der Waals surface area contributed by atoms with Gasteiger partial charge in [0.25, 0.3) is 0 Å². The van der Waals surface area contributed by atoms with Gasteiger partial charge in [0.15, 0.2) is 0 Å². The number of carbonyl (C=O) groups is 2. The highest BCUT2D eigenvalue weighted by Gasteiger charge is 2.66. The van der Waals surface area contributed by atoms with Crippen molar-refractivity contribution in [2.24, 2.45) is 17.3 Å². The fraction of sp³-hybridized carbons (Fsp3) is 0.867. The molecule has 1 amide bonds. The molecule has 1 N–H and O–H groups in total. The molecule has 0 aromatic heterocycles. The highest BCUT2D eigenvalue weighted by Crippen LogP contribution is 2.59. The molecule has 2 bridgehead atoms. The van der Waals surface area contributed by atoms with Gasteiger partial charge in [-0.3, -0.25) is 14.5 Å². The molecule has 20 heavy (non-hydrogen) atoms. The number of likely N-dealkylation sites (N-methyl/N-ethyl adjacent to an activating group) is 1. The molecule has 5 nitrogen and oxygen atoms in total. The standard InChI is InChI=1S/C15H24N2O3/c1-15(2)11(12(15)14(19)20)13(18)17-7-6-9-4-5-10(8-17)16(9)3/h9-12H,4-8H2,1-3H3,(H,19,20). The molecule has 2 aliphatic heterocycles. The largest absolute Gasteiger partial charge is 0.481 e. The normalized spacial score (nSPS) is 39.5. The Morgan fingerprint density at radius 1 is 1.10 bits per heavy atom. The van der Waals surface area contributed by atoms with Gasteiger partial charge in [-0.25, -0.2) is 0 Å².